The van der Waals surface area contributed by atoms with Crippen molar-refractivity contribution >= 4 is 44.0 Å². The van der Waals surface area contributed by atoms with Gasteiger partial charge in [-0.2, -0.15) is 17.5 Å². The van der Waals surface area contributed by atoms with Gasteiger partial charge in [0.1, 0.15) is 10.8 Å². The SMILES string of the molecule is CNS(=O)(=O)c1ccc(NC(=O)c2c(C)nsc2Nc2cncc(C(F)(F)F)n2)cc1. The van der Waals surface area contributed by atoms with Crippen molar-refractivity contribution in [2.45, 2.75) is 18.0 Å². The lowest BCUT2D eigenvalue weighted by Crippen LogP contribution is -2.18. The minimum Gasteiger partial charge on any atom is -0.329 e. The van der Waals surface area contributed by atoms with Crippen molar-refractivity contribution in [3.8, 4) is 0 Å². The van der Waals surface area contributed by atoms with Crippen LogP contribution in [0.3, 0.4) is 0 Å². The molecule has 3 aromatic rings. The molecule has 0 bridgehead atoms. The number of benzene rings is 1. The number of nitrogens with one attached hydrogen (secondary N) is 3. The van der Waals surface area contributed by atoms with Crippen molar-refractivity contribution in [3.05, 3.63) is 53.6 Å². The zero-order chi connectivity index (χ0) is 22.8. The first-order valence-corrected chi connectivity index (χ1v) is 10.7. The van der Waals surface area contributed by atoms with Crippen LogP contribution in [0.5, 0.6) is 0 Å². The Labute approximate surface area is 179 Å². The fourth-order valence-corrected chi connectivity index (χ4v) is 3.96. The van der Waals surface area contributed by atoms with Gasteiger partial charge in [0.05, 0.1) is 28.5 Å². The summed E-state index contributed by atoms with van der Waals surface area (Å²) in [6.45, 7) is 1.57. The molecule has 0 aliphatic carbocycles. The van der Waals surface area contributed by atoms with Crippen LogP contribution in [-0.2, 0) is 16.2 Å². The van der Waals surface area contributed by atoms with Gasteiger partial charge in [0.15, 0.2) is 5.69 Å². The number of carbonyl (C=O) groups excluding carboxylic acids is 1. The summed E-state index contributed by atoms with van der Waals surface area (Å²) in [5.41, 5.74) is -0.410. The summed E-state index contributed by atoms with van der Waals surface area (Å²) in [5, 5.41) is 5.42. The fourth-order valence-electron chi connectivity index (χ4n) is 2.43. The van der Waals surface area contributed by atoms with E-state index in [1.165, 1.54) is 31.3 Å². The van der Waals surface area contributed by atoms with E-state index in [2.05, 4.69) is 29.7 Å². The molecular formula is C17H15F3N6O3S2. The average Bonchev–Trinajstić information content (AvgIpc) is 3.08. The lowest BCUT2D eigenvalue weighted by Gasteiger charge is -2.10. The molecule has 31 heavy (non-hydrogen) atoms. The van der Waals surface area contributed by atoms with E-state index in [0.717, 1.165) is 17.7 Å². The van der Waals surface area contributed by atoms with Crippen LogP contribution < -0.4 is 15.4 Å². The third kappa shape index (κ3) is 5.15. The van der Waals surface area contributed by atoms with E-state index in [9.17, 15) is 26.4 Å². The molecule has 3 rings (SSSR count). The zero-order valence-electron chi connectivity index (χ0n) is 16.0. The number of rotatable bonds is 6. The third-order valence-corrected chi connectivity index (χ3v) is 6.23. The van der Waals surface area contributed by atoms with Crippen LogP contribution in [0, 0.1) is 6.92 Å². The van der Waals surface area contributed by atoms with E-state index < -0.39 is 27.8 Å². The molecule has 164 valence electrons. The Morgan fingerprint density at radius 1 is 1.13 bits per heavy atom. The van der Waals surface area contributed by atoms with Gasteiger partial charge in [-0.25, -0.2) is 18.1 Å². The van der Waals surface area contributed by atoms with E-state index in [1.807, 2.05) is 0 Å². The first kappa shape index (κ1) is 22.6. The molecule has 0 aliphatic rings. The van der Waals surface area contributed by atoms with Crippen LogP contribution in [0.2, 0.25) is 0 Å². The summed E-state index contributed by atoms with van der Waals surface area (Å²) < 4.78 is 68.3. The molecule has 9 nitrogen and oxygen atoms in total. The molecule has 0 radical (unpaired) electrons. The number of carbonyl (C=O) groups is 1. The van der Waals surface area contributed by atoms with Crippen LogP contribution in [0.15, 0.2) is 41.6 Å². The van der Waals surface area contributed by atoms with Gasteiger partial charge < -0.3 is 10.6 Å². The molecule has 0 aliphatic heterocycles. The van der Waals surface area contributed by atoms with E-state index in [-0.39, 0.29) is 21.3 Å². The molecule has 1 aromatic carbocycles. The van der Waals surface area contributed by atoms with Gasteiger partial charge in [0.25, 0.3) is 5.91 Å². The van der Waals surface area contributed by atoms with E-state index in [0.29, 0.717) is 17.6 Å². The molecule has 0 atom stereocenters. The Morgan fingerprint density at radius 3 is 2.42 bits per heavy atom. The number of halogens is 3. The Morgan fingerprint density at radius 2 is 1.81 bits per heavy atom. The number of hydrogen-bond donors (Lipinski definition) is 3. The minimum absolute atomic E-state index is 0.0202. The Bertz CT molecular complexity index is 1210. The minimum atomic E-state index is -4.67. The maximum Gasteiger partial charge on any atom is 0.434 e. The molecule has 0 saturated carbocycles. The highest BCUT2D eigenvalue weighted by Gasteiger charge is 2.33. The molecule has 0 saturated heterocycles. The van der Waals surface area contributed by atoms with Crippen LogP contribution in [0.25, 0.3) is 0 Å². The lowest BCUT2D eigenvalue weighted by atomic mass is 10.2. The molecule has 0 spiro atoms. The van der Waals surface area contributed by atoms with Gasteiger partial charge in [-0.05, 0) is 49.8 Å². The Kier molecular flexibility index (Phi) is 6.24. The second-order valence-electron chi connectivity index (χ2n) is 6.07. The third-order valence-electron chi connectivity index (χ3n) is 3.95. The molecule has 1 amide bonds. The van der Waals surface area contributed by atoms with Crippen molar-refractivity contribution in [1.29, 1.82) is 0 Å². The number of nitrogens with zero attached hydrogens (tertiary/aromatic N) is 3. The normalized spacial score (nSPS) is 11.9. The predicted octanol–water partition coefficient (Wildman–Crippen LogP) is 3.16. The maximum atomic E-state index is 12.8. The number of hydrogen-bond acceptors (Lipinski definition) is 8. The molecule has 3 N–H and O–H groups in total. The van der Waals surface area contributed by atoms with E-state index >= 15 is 0 Å². The monoisotopic (exact) mass is 472 g/mol. The summed E-state index contributed by atoms with van der Waals surface area (Å²) in [7, 11) is -2.34. The highest BCUT2D eigenvalue weighted by atomic mass is 32.2. The van der Waals surface area contributed by atoms with Crippen LogP contribution in [0.1, 0.15) is 21.7 Å². The van der Waals surface area contributed by atoms with Crippen molar-refractivity contribution in [3.63, 3.8) is 0 Å². The standard InChI is InChI=1S/C17H15F3N6O3S2/c1-9-14(15(27)23-10-3-5-11(6-4-10)31(28,29)21-2)16(30-26-9)25-13-8-22-7-12(24-13)17(18,19)20/h3-8,21H,1-2H3,(H,23,27)(H,24,25). The van der Waals surface area contributed by atoms with Crippen molar-refractivity contribution in [2.24, 2.45) is 0 Å². The van der Waals surface area contributed by atoms with Gasteiger partial charge >= 0.3 is 6.18 Å². The highest BCUT2D eigenvalue weighted by Crippen LogP contribution is 2.31. The van der Waals surface area contributed by atoms with Crippen molar-refractivity contribution < 1.29 is 26.4 Å². The fraction of sp³-hybridized carbons (Fsp3) is 0.176. The van der Waals surface area contributed by atoms with E-state index in [4.69, 9.17) is 0 Å². The van der Waals surface area contributed by atoms with Crippen molar-refractivity contribution in [2.75, 3.05) is 17.7 Å². The van der Waals surface area contributed by atoms with Gasteiger partial charge in [-0.15, -0.1) is 0 Å². The van der Waals surface area contributed by atoms with Gasteiger partial charge in [-0.1, -0.05) is 0 Å². The number of aryl methyl sites for hydroxylation is 1. The predicted molar refractivity (Wildman–Crippen MR) is 108 cm³/mol. The second-order valence-corrected chi connectivity index (χ2v) is 8.73. The van der Waals surface area contributed by atoms with Crippen molar-refractivity contribution in [1.82, 2.24) is 19.1 Å². The molecule has 2 aromatic heterocycles. The molecule has 2 heterocycles. The second kappa shape index (κ2) is 8.56. The lowest BCUT2D eigenvalue weighted by molar-refractivity contribution is -0.141. The number of amides is 1. The number of sulfonamides is 1. The molecular weight excluding hydrogens is 457 g/mol. The van der Waals surface area contributed by atoms with Crippen LogP contribution >= 0.6 is 11.5 Å². The van der Waals surface area contributed by atoms with Gasteiger partial charge in [0.2, 0.25) is 10.0 Å². The summed E-state index contributed by atoms with van der Waals surface area (Å²) >= 11 is 0.873. The summed E-state index contributed by atoms with van der Waals surface area (Å²) in [4.78, 5) is 19.7. The van der Waals surface area contributed by atoms with Gasteiger partial charge in [0, 0.05) is 5.69 Å². The topological polar surface area (TPSA) is 126 Å². The zero-order valence-corrected chi connectivity index (χ0v) is 17.6. The highest BCUT2D eigenvalue weighted by molar-refractivity contribution is 7.89. The molecule has 0 unspecified atom stereocenters. The first-order valence-electron chi connectivity index (χ1n) is 8.49. The summed E-state index contributed by atoms with van der Waals surface area (Å²) in [6, 6.07) is 5.44. The Balaban J connectivity index is 1.82. The number of alkyl halides is 3. The maximum absolute atomic E-state index is 12.8. The largest absolute Gasteiger partial charge is 0.434 e. The first-order chi connectivity index (χ1) is 14.5. The molecule has 0 fully saturated rings. The van der Waals surface area contributed by atoms with Crippen LogP contribution in [-0.4, -0.2) is 35.7 Å². The molecule has 14 heteroatoms. The van der Waals surface area contributed by atoms with Gasteiger partial charge in [-0.3, -0.25) is 9.78 Å². The van der Waals surface area contributed by atoms with Crippen LogP contribution in [0.4, 0.5) is 29.7 Å². The smallest absolute Gasteiger partial charge is 0.329 e. The average molecular weight is 472 g/mol. The summed E-state index contributed by atoms with van der Waals surface area (Å²) in [5.74, 6) is -0.785. The number of anilines is 3. The summed E-state index contributed by atoms with van der Waals surface area (Å²) in [6.07, 6.45) is -2.98. The number of aromatic nitrogens is 3. The van der Waals surface area contributed by atoms with E-state index in [1.54, 1.807) is 6.92 Å². The quantitative estimate of drug-likeness (QED) is 0.503. The Hall–Kier alpha value is -3.10.